The molecule has 3 rings (SSSR count). The van der Waals surface area contributed by atoms with E-state index in [1.54, 1.807) is 12.1 Å². The summed E-state index contributed by atoms with van der Waals surface area (Å²) in [7, 11) is 0. The van der Waals surface area contributed by atoms with E-state index in [0.29, 0.717) is 18.2 Å². The van der Waals surface area contributed by atoms with Crippen LogP contribution in [0.2, 0.25) is 0 Å². The minimum Gasteiger partial charge on any atom is -0.508 e. The quantitative estimate of drug-likeness (QED) is 0.651. The topological polar surface area (TPSA) is 70.3 Å². The van der Waals surface area contributed by atoms with E-state index in [-0.39, 0.29) is 5.75 Å². The molecule has 2 aromatic carbocycles. The normalized spacial score (nSPS) is 17.8. The van der Waals surface area contributed by atoms with Gasteiger partial charge in [-0.1, -0.05) is 24.3 Å². The van der Waals surface area contributed by atoms with Crippen molar-refractivity contribution in [2.45, 2.75) is 18.9 Å². The first-order chi connectivity index (χ1) is 10.3. The van der Waals surface area contributed by atoms with E-state index in [4.69, 9.17) is 5.73 Å². The van der Waals surface area contributed by atoms with Gasteiger partial charge < -0.3 is 21.5 Å². The number of phenols is 1. The Morgan fingerprint density at radius 2 is 2.05 bits per heavy atom. The smallest absolute Gasteiger partial charge is 0.122 e. The minimum atomic E-state index is 0.238. The van der Waals surface area contributed by atoms with Crippen LogP contribution >= 0.6 is 0 Å². The highest BCUT2D eigenvalue weighted by atomic mass is 16.3. The number of anilines is 2. The van der Waals surface area contributed by atoms with E-state index in [9.17, 15) is 5.11 Å². The van der Waals surface area contributed by atoms with Gasteiger partial charge in [0.1, 0.15) is 5.75 Å². The average Bonchev–Trinajstić information content (AvgIpc) is 3.01. The van der Waals surface area contributed by atoms with E-state index in [2.05, 4.69) is 28.8 Å². The van der Waals surface area contributed by atoms with Crippen LogP contribution < -0.4 is 16.4 Å². The summed E-state index contributed by atoms with van der Waals surface area (Å²) in [5.74, 6) is 0.790. The fourth-order valence-electron chi connectivity index (χ4n) is 2.90. The van der Waals surface area contributed by atoms with Crippen molar-refractivity contribution < 1.29 is 5.11 Å². The number of rotatable bonds is 4. The SMILES string of the molecule is Nc1cccc(O)c1CNc1ccccc1C1CCNC1. The number of nitrogens with two attached hydrogens (primary N) is 1. The Morgan fingerprint density at radius 1 is 1.19 bits per heavy atom. The lowest BCUT2D eigenvalue weighted by Crippen LogP contribution is -2.10. The van der Waals surface area contributed by atoms with Crippen LogP contribution in [0.5, 0.6) is 5.75 Å². The number of hydrogen-bond acceptors (Lipinski definition) is 4. The van der Waals surface area contributed by atoms with E-state index >= 15 is 0 Å². The van der Waals surface area contributed by atoms with Crippen LogP contribution in [0.4, 0.5) is 11.4 Å². The molecule has 0 radical (unpaired) electrons. The second-order valence-corrected chi connectivity index (χ2v) is 5.48. The number of aromatic hydroxyl groups is 1. The molecule has 4 nitrogen and oxygen atoms in total. The van der Waals surface area contributed by atoms with Crippen LogP contribution in [0.15, 0.2) is 42.5 Å². The third kappa shape index (κ3) is 2.95. The molecule has 0 aliphatic carbocycles. The number of benzene rings is 2. The summed E-state index contributed by atoms with van der Waals surface area (Å²) < 4.78 is 0. The van der Waals surface area contributed by atoms with Crippen LogP contribution in [0.3, 0.4) is 0 Å². The van der Waals surface area contributed by atoms with E-state index in [1.807, 2.05) is 12.1 Å². The van der Waals surface area contributed by atoms with Crippen molar-refractivity contribution >= 4 is 11.4 Å². The van der Waals surface area contributed by atoms with Gasteiger partial charge >= 0.3 is 0 Å². The van der Waals surface area contributed by atoms with Gasteiger partial charge in [0.05, 0.1) is 0 Å². The molecule has 0 bridgehead atoms. The van der Waals surface area contributed by atoms with Crippen LogP contribution in [-0.4, -0.2) is 18.2 Å². The van der Waals surface area contributed by atoms with Crippen molar-refractivity contribution in [2.75, 3.05) is 24.1 Å². The monoisotopic (exact) mass is 283 g/mol. The summed E-state index contributed by atoms with van der Waals surface area (Å²) in [5.41, 5.74) is 9.75. The molecule has 110 valence electrons. The zero-order valence-electron chi connectivity index (χ0n) is 12.0. The summed E-state index contributed by atoms with van der Waals surface area (Å²) >= 11 is 0. The molecule has 0 aromatic heterocycles. The highest BCUT2D eigenvalue weighted by Gasteiger charge is 2.19. The Morgan fingerprint density at radius 3 is 2.81 bits per heavy atom. The third-order valence-electron chi connectivity index (χ3n) is 4.10. The number of nitrogens with one attached hydrogen (secondary N) is 2. The molecule has 1 aliphatic rings. The summed E-state index contributed by atoms with van der Waals surface area (Å²) in [6.07, 6.45) is 1.16. The summed E-state index contributed by atoms with van der Waals surface area (Å²) in [5, 5.41) is 16.7. The van der Waals surface area contributed by atoms with Crippen molar-refractivity contribution in [3.05, 3.63) is 53.6 Å². The van der Waals surface area contributed by atoms with Gasteiger partial charge in [-0.2, -0.15) is 0 Å². The zero-order valence-corrected chi connectivity index (χ0v) is 12.0. The maximum Gasteiger partial charge on any atom is 0.122 e. The van der Waals surface area contributed by atoms with Gasteiger partial charge in [-0.05, 0) is 42.6 Å². The maximum atomic E-state index is 9.92. The fourth-order valence-corrected chi connectivity index (χ4v) is 2.90. The first kappa shape index (κ1) is 13.8. The Kier molecular flexibility index (Phi) is 3.97. The first-order valence-electron chi connectivity index (χ1n) is 7.35. The molecule has 1 saturated heterocycles. The van der Waals surface area contributed by atoms with Crippen molar-refractivity contribution in [1.82, 2.24) is 5.32 Å². The molecule has 21 heavy (non-hydrogen) atoms. The second-order valence-electron chi connectivity index (χ2n) is 5.48. The van der Waals surface area contributed by atoms with Crippen LogP contribution in [-0.2, 0) is 6.54 Å². The van der Waals surface area contributed by atoms with Crippen LogP contribution in [0.1, 0.15) is 23.5 Å². The molecule has 1 fully saturated rings. The minimum absolute atomic E-state index is 0.238. The Balaban J connectivity index is 1.79. The molecular formula is C17H21N3O. The van der Waals surface area contributed by atoms with Gasteiger partial charge in [-0.25, -0.2) is 0 Å². The van der Waals surface area contributed by atoms with Crippen LogP contribution in [0, 0.1) is 0 Å². The molecule has 1 unspecified atom stereocenters. The molecule has 0 spiro atoms. The molecule has 4 heteroatoms. The van der Waals surface area contributed by atoms with E-state index in [0.717, 1.165) is 30.8 Å². The zero-order chi connectivity index (χ0) is 14.7. The van der Waals surface area contributed by atoms with Crippen molar-refractivity contribution in [2.24, 2.45) is 0 Å². The van der Waals surface area contributed by atoms with E-state index in [1.165, 1.54) is 5.56 Å². The molecule has 0 saturated carbocycles. The predicted molar refractivity (Wildman–Crippen MR) is 86.5 cm³/mol. The van der Waals surface area contributed by atoms with Gasteiger partial charge in [-0.3, -0.25) is 0 Å². The van der Waals surface area contributed by atoms with Gasteiger partial charge in [0, 0.05) is 30.0 Å². The first-order valence-corrected chi connectivity index (χ1v) is 7.35. The summed E-state index contributed by atoms with van der Waals surface area (Å²) in [6.45, 7) is 2.62. The second kappa shape index (κ2) is 6.06. The highest BCUT2D eigenvalue weighted by Crippen LogP contribution is 2.30. The number of para-hydroxylation sites is 1. The van der Waals surface area contributed by atoms with Crippen molar-refractivity contribution in [3.63, 3.8) is 0 Å². The van der Waals surface area contributed by atoms with Crippen LogP contribution in [0.25, 0.3) is 0 Å². The van der Waals surface area contributed by atoms with E-state index < -0.39 is 0 Å². The summed E-state index contributed by atoms with van der Waals surface area (Å²) in [4.78, 5) is 0. The van der Waals surface area contributed by atoms with Gasteiger partial charge in [0.25, 0.3) is 0 Å². The molecule has 2 aromatic rings. The lowest BCUT2D eigenvalue weighted by molar-refractivity contribution is 0.469. The highest BCUT2D eigenvalue weighted by molar-refractivity contribution is 5.58. The number of phenolic OH excluding ortho intramolecular Hbond substituents is 1. The molecule has 1 atom stereocenters. The lowest BCUT2D eigenvalue weighted by atomic mass is 9.96. The Hall–Kier alpha value is -2.20. The largest absolute Gasteiger partial charge is 0.508 e. The van der Waals surface area contributed by atoms with Gasteiger partial charge in [-0.15, -0.1) is 0 Å². The summed E-state index contributed by atoms with van der Waals surface area (Å²) in [6, 6.07) is 13.6. The average molecular weight is 283 g/mol. The Labute approximate surface area is 125 Å². The molecular weight excluding hydrogens is 262 g/mol. The standard InChI is InChI=1S/C17H21N3O/c18-15-5-3-7-17(21)14(15)11-20-16-6-2-1-4-13(16)12-8-9-19-10-12/h1-7,12,19-21H,8-11,18H2. The maximum absolute atomic E-state index is 9.92. The predicted octanol–water partition coefficient (Wildman–Crippen LogP) is 2.66. The fraction of sp³-hybridized carbons (Fsp3) is 0.294. The number of nitrogen functional groups attached to an aromatic ring is 1. The molecule has 5 N–H and O–H groups in total. The molecule has 1 heterocycles. The molecule has 1 aliphatic heterocycles. The van der Waals surface area contributed by atoms with Crippen molar-refractivity contribution in [3.8, 4) is 5.75 Å². The van der Waals surface area contributed by atoms with Gasteiger partial charge in [0.2, 0.25) is 0 Å². The number of hydrogen-bond donors (Lipinski definition) is 4. The van der Waals surface area contributed by atoms with Gasteiger partial charge in [0.15, 0.2) is 0 Å². The lowest BCUT2D eigenvalue weighted by Gasteiger charge is -2.17. The van der Waals surface area contributed by atoms with Crippen molar-refractivity contribution in [1.29, 1.82) is 0 Å². The Bertz CT molecular complexity index is 601. The molecule has 0 amide bonds. The third-order valence-corrected chi connectivity index (χ3v) is 4.10.